The quantitative estimate of drug-likeness (QED) is 0.269. The Bertz CT molecular complexity index is 1440. The Hall–Kier alpha value is -2.78. The fourth-order valence-electron chi connectivity index (χ4n) is 4.07. The third-order valence-corrected chi connectivity index (χ3v) is 8.50. The van der Waals surface area contributed by atoms with E-state index in [2.05, 4.69) is 5.32 Å². The minimum Gasteiger partial charge on any atom is -0.352 e. The third kappa shape index (κ3) is 8.86. The highest BCUT2D eigenvalue weighted by molar-refractivity contribution is 7.92. The number of rotatable bonds is 12. The Labute approximate surface area is 251 Å². The van der Waals surface area contributed by atoms with Crippen LogP contribution in [0.1, 0.15) is 31.4 Å². The van der Waals surface area contributed by atoms with Gasteiger partial charge in [0, 0.05) is 24.0 Å². The number of carbonyl (C=O) groups is 2. The molecule has 0 fully saturated rings. The van der Waals surface area contributed by atoms with Crippen LogP contribution in [0.3, 0.4) is 0 Å². The largest absolute Gasteiger partial charge is 0.352 e. The fourth-order valence-corrected chi connectivity index (χ4v) is 5.42. The normalized spacial score (nSPS) is 12.8. The summed E-state index contributed by atoms with van der Waals surface area (Å²) in [4.78, 5) is 29.1. The molecular formula is C29H32Cl3N3O4S. The van der Waals surface area contributed by atoms with E-state index >= 15 is 0 Å². The van der Waals surface area contributed by atoms with Crippen molar-refractivity contribution in [3.05, 3.63) is 99.0 Å². The Morgan fingerprint density at radius 1 is 0.900 bits per heavy atom. The maximum Gasteiger partial charge on any atom is 0.244 e. The molecule has 0 aliphatic carbocycles. The molecule has 0 saturated heterocycles. The van der Waals surface area contributed by atoms with Crippen LogP contribution in [0.5, 0.6) is 0 Å². The molecule has 0 aliphatic heterocycles. The molecule has 0 heterocycles. The van der Waals surface area contributed by atoms with Crippen LogP contribution in [0.2, 0.25) is 15.1 Å². The van der Waals surface area contributed by atoms with Gasteiger partial charge in [0.1, 0.15) is 12.6 Å². The number of nitrogens with zero attached hydrogens (tertiary/aromatic N) is 2. The number of hydrogen-bond acceptors (Lipinski definition) is 4. The Kier molecular flexibility index (Phi) is 11.3. The maximum absolute atomic E-state index is 14.1. The Morgan fingerprint density at radius 3 is 2.20 bits per heavy atom. The van der Waals surface area contributed by atoms with E-state index in [1.54, 1.807) is 36.4 Å². The van der Waals surface area contributed by atoms with Crippen molar-refractivity contribution in [3.63, 3.8) is 0 Å². The van der Waals surface area contributed by atoms with E-state index in [9.17, 15) is 18.0 Å². The van der Waals surface area contributed by atoms with Crippen LogP contribution in [-0.4, -0.2) is 50.0 Å². The molecule has 3 rings (SSSR count). The molecule has 0 bridgehead atoms. The zero-order valence-corrected chi connectivity index (χ0v) is 25.6. The van der Waals surface area contributed by atoms with Crippen molar-refractivity contribution in [3.8, 4) is 0 Å². The Morgan fingerprint density at radius 2 is 1.60 bits per heavy atom. The van der Waals surface area contributed by atoms with Gasteiger partial charge in [0.2, 0.25) is 21.8 Å². The lowest BCUT2D eigenvalue weighted by Crippen LogP contribution is -2.54. The molecule has 2 atom stereocenters. The summed E-state index contributed by atoms with van der Waals surface area (Å²) in [5, 5.41) is 3.95. The summed E-state index contributed by atoms with van der Waals surface area (Å²) in [6.45, 7) is 3.29. The average molecular weight is 625 g/mol. The van der Waals surface area contributed by atoms with Crippen molar-refractivity contribution in [1.29, 1.82) is 0 Å². The van der Waals surface area contributed by atoms with E-state index in [0.717, 1.165) is 16.1 Å². The van der Waals surface area contributed by atoms with Crippen LogP contribution in [-0.2, 0) is 32.6 Å². The average Bonchev–Trinajstić information content (AvgIpc) is 2.90. The van der Waals surface area contributed by atoms with Gasteiger partial charge >= 0.3 is 0 Å². The first-order valence-corrected chi connectivity index (χ1v) is 15.7. The molecule has 7 nitrogen and oxygen atoms in total. The maximum atomic E-state index is 14.1. The van der Waals surface area contributed by atoms with Crippen LogP contribution < -0.4 is 9.62 Å². The number of halogens is 3. The molecule has 2 amide bonds. The SMILES string of the molecule is CC[C@@H](C)NC(=O)[C@@H](Cc1ccccc1)N(Cc1ccc(Cl)c(Cl)c1)C(=O)CN(c1cccc(Cl)c1)S(C)(=O)=O. The molecule has 0 radical (unpaired) electrons. The van der Waals surface area contributed by atoms with Gasteiger partial charge in [0.05, 0.1) is 22.0 Å². The van der Waals surface area contributed by atoms with E-state index in [0.29, 0.717) is 27.1 Å². The first-order chi connectivity index (χ1) is 18.9. The van der Waals surface area contributed by atoms with Crippen molar-refractivity contribution >= 4 is 62.3 Å². The minimum atomic E-state index is -3.89. The monoisotopic (exact) mass is 623 g/mol. The second-order valence-electron chi connectivity index (χ2n) is 9.54. The van der Waals surface area contributed by atoms with Crippen molar-refractivity contribution in [2.75, 3.05) is 17.1 Å². The number of carbonyl (C=O) groups excluding carboxylic acids is 2. The van der Waals surface area contributed by atoms with Gasteiger partial charge in [-0.3, -0.25) is 13.9 Å². The number of nitrogens with one attached hydrogen (secondary N) is 1. The summed E-state index contributed by atoms with van der Waals surface area (Å²) in [6.07, 6.45) is 1.93. The lowest BCUT2D eigenvalue weighted by Gasteiger charge is -2.34. The van der Waals surface area contributed by atoms with E-state index in [-0.39, 0.29) is 30.6 Å². The zero-order valence-electron chi connectivity index (χ0n) is 22.5. The summed E-state index contributed by atoms with van der Waals surface area (Å²) in [5.74, 6) is -0.919. The van der Waals surface area contributed by atoms with E-state index in [1.807, 2.05) is 44.2 Å². The van der Waals surface area contributed by atoms with Gasteiger partial charge in [0.15, 0.2) is 0 Å². The second-order valence-corrected chi connectivity index (χ2v) is 12.7. The van der Waals surface area contributed by atoms with Gasteiger partial charge in [-0.25, -0.2) is 8.42 Å². The molecule has 0 aliphatic rings. The Balaban J connectivity index is 2.08. The van der Waals surface area contributed by atoms with Crippen molar-refractivity contribution < 1.29 is 18.0 Å². The number of sulfonamides is 1. The first kappa shape index (κ1) is 31.7. The minimum absolute atomic E-state index is 0.00566. The van der Waals surface area contributed by atoms with Gasteiger partial charge in [-0.1, -0.05) is 84.2 Å². The van der Waals surface area contributed by atoms with Gasteiger partial charge in [-0.2, -0.15) is 0 Å². The van der Waals surface area contributed by atoms with E-state index < -0.39 is 28.5 Å². The third-order valence-electron chi connectivity index (χ3n) is 6.38. The summed E-state index contributed by atoms with van der Waals surface area (Å²) >= 11 is 18.5. The molecule has 0 unspecified atom stereocenters. The predicted octanol–water partition coefficient (Wildman–Crippen LogP) is 5.97. The highest BCUT2D eigenvalue weighted by Crippen LogP contribution is 2.26. The summed E-state index contributed by atoms with van der Waals surface area (Å²) in [7, 11) is -3.89. The summed E-state index contributed by atoms with van der Waals surface area (Å²) in [5.41, 5.74) is 1.71. The highest BCUT2D eigenvalue weighted by atomic mass is 35.5. The molecular weight excluding hydrogens is 593 g/mol. The molecule has 0 aromatic heterocycles. The lowest BCUT2D eigenvalue weighted by atomic mass is 10.0. The molecule has 11 heteroatoms. The standard InChI is InChI=1S/C29H32Cl3N3O4S/c1-4-20(2)33-29(37)27(16-21-9-6-5-7-10-21)34(18-22-13-14-25(31)26(32)15-22)28(36)19-35(40(3,38)39)24-12-8-11-23(30)17-24/h5-15,17,20,27H,4,16,18-19H2,1-3H3,(H,33,37)/t20-,27-/m1/s1. The number of hydrogen-bond donors (Lipinski definition) is 1. The summed E-state index contributed by atoms with van der Waals surface area (Å²) in [6, 6.07) is 19.4. The lowest BCUT2D eigenvalue weighted by molar-refractivity contribution is -0.140. The van der Waals surface area contributed by atoms with Crippen LogP contribution in [0.4, 0.5) is 5.69 Å². The van der Waals surface area contributed by atoms with Crippen LogP contribution in [0.15, 0.2) is 72.8 Å². The number of anilines is 1. The summed E-state index contributed by atoms with van der Waals surface area (Å²) < 4.78 is 26.6. The predicted molar refractivity (Wildman–Crippen MR) is 162 cm³/mol. The van der Waals surface area contributed by atoms with Crippen molar-refractivity contribution in [2.24, 2.45) is 0 Å². The molecule has 0 saturated carbocycles. The van der Waals surface area contributed by atoms with Crippen LogP contribution in [0, 0.1) is 0 Å². The van der Waals surface area contributed by atoms with Gasteiger partial charge in [-0.15, -0.1) is 0 Å². The highest BCUT2D eigenvalue weighted by Gasteiger charge is 2.33. The van der Waals surface area contributed by atoms with Gasteiger partial charge in [-0.05, 0) is 54.8 Å². The molecule has 1 N–H and O–H groups in total. The van der Waals surface area contributed by atoms with E-state index in [4.69, 9.17) is 34.8 Å². The van der Waals surface area contributed by atoms with Crippen LogP contribution in [0.25, 0.3) is 0 Å². The number of amides is 2. The molecule has 3 aromatic carbocycles. The fraction of sp³-hybridized carbons (Fsp3) is 0.310. The molecule has 0 spiro atoms. The van der Waals surface area contributed by atoms with Gasteiger partial charge < -0.3 is 10.2 Å². The topological polar surface area (TPSA) is 86.8 Å². The van der Waals surface area contributed by atoms with Crippen LogP contribution >= 0.6 is 34.8 Å². The van der Waals surface area contributed by atoms with E-state index in [1.165, 1.54) is 11.0 Å². The first-order valence-electron chi connectivity index (χ1n) is 12.7. The number of benzene rings is 3. The zero-order chi connectivity index (χ0) is 29.4. The smallest absolute Gasteiger partial charge is 0.244 e. The van der Waals surface area contributed by atoms with Crippen molar-refractivity contribution in [2.45, 2.75) is 45.3 Å². The molecule has 40 heavy (non-hydrogen) atoms. The molecule has 214 valence electrons. The molecule has 3 aromatic rings. The second kappa shape index (κ2) is 14.2. The van der Waals surface area contributed by atoms with Crippen molar-refractivity contribution in [1.82, 2.24) is 10.2 Å². The van der Waals surface area contributed by atoms with Gasteiger partial charge in [0.25, 0.3) is 0 Å².